The lowest BCUT2D eigenvalue weighted by Gasteiger charge is -2.10. The summed E-state index contributed by atoms with van der Waals surface area (Å²) in [5, 5.41) is 1.34. The van der Waals surface area contributed by atoms with Gasteiger partial charge in [0.2, 0.25) is 0 Å². The molecule has 1 aromatic heterocycles. The fourth-order valence-corrected chi connectivity index (χ4v) is 2.49. The van der Waals surface area contributed by atoms with E-state index in [0.29, 0.717) is 0 Å². The molecule has 2 heteroatoms. The first kappa shape index (κ1) is 9.64. The lowest BCUT2D eigenvalue weighted by Crippen LogP contribution is -2.06. The van der Waals surface area contributed by atoms with Gasteiger partial charge in [0.05, 0.1) is 0 Å². The molecule has 0 fully saturated rings. The minimum Gasteiger partial charge on any atom is -0.350 e. The van der Waals surface area contributed by atoms with Crippen molar-refractivity contribution < 1.29 is 0 Å². The van der Waals surface area contributed by atoms with E-state index in [0.717, 1.165) is 13.0 Å². The third-order valence-electron chi connectivity index (χ3n) is 3.33. The number of aliphatic imine (C=N–C) groups is 1. The van der Waals surface area contributed by atoms with E-state index in [1.165, 1.54) is 35.0 Å². The zero-order valence-electron chi connectivity index (χ0n) is 9.61. The Kier molecular flexibility index (Phi) is 2.28. The molecule has 82 valence electrons. The summed E-state index contributed by atoms with van der Waals surface area (Å²) in [4.78, 5) is 4.67. The summed E-state index contributed by atoms with van der Waals surface area (Å²) < 4.78 is 2.20. The molecular formula is C14H16N2. The second-order valence-electron chi connectivity index (χ2n) is 4.46. The maximum atomic E-state index is 4.67. The number of hydrogen-bond acceptors (Lipinski definition) is 1. The summed E-state index contributed by atoms with van der Waals surface area (Å²) >= 11 is 0. The first-order valence-corrected chi connectivity index (χ1v) is 5.94. The normalized spacial score (nSPS) is 16.4. The number of aryl methyl sites for hydroxylation is 1. The van der Waals surface area contributed by atoms with Crippen LogP contribution in [0.15, 0.2) is 35.5 Å². The van der Waals surface area contributed by atoms with E-state index in [2.05, 4.69) is 47.1 Å². The van der Waals surface area contributed by atoms with Crippen molar-refractivity contribution in [3.05, 3.63) is 36.0 Å². The molecule has 0 amide bonds. The Bertz CT molecular complexity index is 549. The number of aromatic nitrogens is 1. The van der Waals surface area contributed by atoms with E-state index in [1.807, 2.05) is 0 Å². The SMILES string of the molecule is Cn1cc(C2=NCCCC2)c2ccccc21. The van der Waals surface area contributed by atoms with Crippen LogP contribution in [0.4, 0.5) is 0 Å². The van der Waals surface area contributed by atoms with E-state index in [1.54, 1.807) is 0 Å². The molecule has 0 spiro atoms. The van der Waals surface area contributed by atoms with Crippen LogP contribution in [0.25, 0.3) is 10.9 Å². The molecule has 0 atom stereocenters. The highest BCUT2D eigenvalue weighted by Gasteiger charge is 2.13. The molecule has 0 unspecified atom stereocenters. The number of hydrogen-bond donors (Lipinski definition) is 0. The van der Waals surface area contributed by atoms with Gasteiger partial charge < -0.3 is 4.57 Å². The monoisotopic (exact) mass is 212 g/mol. The first-order valence-electron chi connectivity index (χ1n) is 5.94. The summed E-state index contributed by atoms with van der Waals surface area (Å²) in [6, 6.07) is 8.56. The van der Waals surface area contributed by atoms with Gasteiger partial charge in [-0.15, -0.1) is 0 Å². The van der Waals surface area contributed by atoms with Crippen molar-refractivity contribution in [2.24, 2.45) is 12.0 Å². The van der Waals surface area contributed by atoms with Gasteiger partial charge in [0.15, 0.2) is 0 Å². The Morgan fingerprint density at radius 3 is 2.88 bits per heavy atom. The van der Waals surface area contributed by atoms with Crippen LogP contribution in [0.3, 0.4) is 0 Å². The Labute approximate surface area is 95.6 Å². The van der Waals surface area contributed by atoms with Gasteiger partial charge in [-0.1, -0.05) is 18.2 Å². The molecule has 0 saturated heterocycles. The third kappa shape index (κ3) is 1.45. The van der Waals surface area contributed by atoms with Gasteiger partial charge in [0.1, 0.15) is 0 Å². The molecule has 0 saturated carbocycles. The molecule has 1 aromatic carbocycles. The second-order valence-corrected chi connectivity index (χ2v) is 4.46. The van der Waals surface area contributed by atoms with Crippen LogP contribution in [0.2, 0.25) is 0 Å². The summed E-state index contributed by atoms with van der Waals surface area (Å²) in [5.74, 6) is 0. The molecule has 2 aromatic rings. The first-order chi connectivity index (χ1) is 7.86. The minimum absolute atomic E-state index is 0.999. The maximum absolute atomic E-state index is 4.67. The van der Waals surface area contributed by atoms with Gasteiger partial charge in [0.25, 0.3) is 0 Å². The minimum atomic E-state index is 0.999. The highest BCUT2D eigenvalue weighted by atomic mass is 14.9. The highest BCUT2D eigenvalue weighted by molar-refractivity contribution is 6.11. The summed E-state index contributed by atoms with van der Waals surface area (Å²) in [7, 11) is 2.11. The Hall–Kier alpha value is -1.57. The van der Waals surface area contributed by atoms with Gasteiger partial charge in [-0.3, -0.25) is 4.99 Å². The van der Waals surface area contributed by atoms with E-state index >= 15 is 0 Å². The maximum Gasteiger partial charge on any atom is 0.0484 e. The van der Waals surface area contributed by atoms with Crippen molar-refractivity contribution in [1.82, 2.24) is 4.57 Å². The summed E-state index contributed by atoms with van der Waals surface area (Å²) in [6.07, 6.45) is 5.87. The largest absolute Gasteiger partial charge is 0.350 e. The van der Waals surface area contributed by atoms with Crippen molar-refractivity contribution in [2.75, 3.05) is 6.54 Å². The topological polar surface area (TPSA) is 17.3 Å². The van der Waals surface area contributed by atoms with Gasteiger partial charge in [-0.05, 0) is 25.3 Å². The van der Waals surface area contributed by atoms with Crippen molar-refractivity contribution in [1.29, 1.82) is 0 Å². The fraction of sp³-hybridized carbons (Fsp3) is 0.357. The Morgan fingerprint density at radius 2 is 2.06 bits per heavy atom. The molecule has 2 nitrogen and oxygen atoms in total. The van der Waals surface area contributed by atoms with E-state index in [9.17, 15) is 0 Å². The Balaban J connectivity index is 2.20. The number of nitrogens with zero attached hydrogens (tertiary/aromatic N) is 2. The van der Waals surface area contributed by atoms with Crippen molar-refractivity contribution in [3.8, 4) is 0 Å². The molecule has 0 radical (unpaired) electrons. The molecule has 0 N–H and O–H groups in total. The molecule has 16 heavy (non-hydrogen) atoms. The lowest BCUT2D eigenvalue weighted by atomic mass is 10.0. The third-order valence-corrected chi connectivity index (χ3v) is 3.33. The molecule has 1 aliphatic heterocycles. The zero-order valence-corrected chi connectivity index (χ0v) is 9.61. The number of benzene rings is 1. The molecule has 1 aliphatic rings. The molecule has 2 heterocycles. The number of fused-ring (bicyclic) bond motifs is 1. The van der Waals surface area contributed by atoms with Crippen LogP contribution in [0, 0.1) is 0 Å². The summed E-state index contributed by atoms with van der Waals surface area (Å²) in [5.41, 5.74) is 3.92. The standard InChI is InChI=1S/C14H16N2/c1-16-10-12(13-7-4-5-9-15-13)11-6-2-3-8-14(11)16/h2-3,6,8,10H,4-5,7,9H2,1H3. The van der Waals surface area contributed by atoms with Crippen LogP contribution in [0.1, 0.15) is 24.8 Å². The average molecular weight is 212 g/mol. The van der Waals surface area contributed by atoms with Gasteiger partial charge >= 0.3 is 0 Å². The second kappa shape index (κ2) is 3.78. The van der Waals surface area contributed by atoms with Crippen LogP contribution < -0.4 is 0 Å². The number of rotatable bonds is 1. The van der Waals surface area contributed by atoms with E-state index in [4.69, 9.17) is 0 Å². The molecule has 0 bridgehead atoms. The number of para-hydroxylation sites is 1. The van der Waals surface area contributed by atoms with Crippen LogP contribution in [-0.4, -0.2) is 16.8 Å². The van der Waals surface area contributed by atoms with E-state index in [-0.39, 0.29) is 0 Å². The quantitative estimate of drug-likeness (QED) is 0.691. The van der Waals surface area contributed by atoms with Crippen LogP contribution >= 0.6 is 0 Å². The van der Waals surface area contributed by atoms with Crippen molar-refractivity contribution in [2.45, 2.75) is 19.3 Å². The predicted octanol–water partition coefficient (Wildman–Crippen LogP) is 3.15. The Morgan fingerprint density at radius 1 is 1.19 bits per heavy atom. The van der Waals surface area contributed by atoms with Crippen molar-refractivity contribution >= 4 is 16.6 Å². The van der Waals surface area contributed by atoms with Gasteiger partial charge in [-0.2, -0.15) is 0 Å². The summed E-state index contributed by atoms with van der Waals surface area (Å²) in [6.45, 7) is 0.999. The van der Waals surface area contributed by atoms with E-state index < -0.39 is 0 Å². The highest BCUT2D eigenvalue weighted by Crippen LogP contribution is 2.24. The fourth-order valence-electron chi connectivity index (χ4n) is 2.49. The lowest BCUT2D eigenvalue weighted by molar-refractivity contribution is 0.738. The van der Waals surface area contributed by atoms with Crippen molar-refractivity contribution in [3.63, 3.8) is 0 Å². The van der Waals surface area contributed by atoms with Crippen LogP contribution in [0.5, 0.6) is 0 Å². The zero-order chi connectivity index (χ0) is 11.0. The van der Waals surface area contributed by atoms with Gasteiger partial charge in [0, 0.05) is 42.0 Å². The van der Waals surface area contributed by atoms with Crippen LogP contribution in [-0.2, 0) is 7.05 Å². The predicted molar refractivity (Wildman–Crippen MR) is 68.2 cm³/mol. The molecule has 0 aliphatic carbocycles. The smallest absolute Gasteiger partial charge is 0.0484 e. The van der Waals surface area contributed by atoms with Gasteiger partial charge in [-0.25, -0.2) is 0 Å². The molecule has 3 rings (SSSR count). The molecular weight excluding hydrogens is 196 g/mol. The average Bonchev–Trinajstić information content (AvgIpc) is 2.69.